The van der Waals surface area contributed by atoms with Crippen LogP contribution in [0.1, 0.15) is 11.1 Å². The van der Waals surface area contributed by atoms with Crippen LogP contribution in [0, 0.1) is 11.6 Å². The Balaban J connectivity index is 2.14. The van der Waals surface area contributed by atoms with E-state index in [1.165, 1.54) is 18.2 Å². The molecule has 0 unspecified atom stereocenters. The summed E-state index contributed by atoms with van der Waals surface area (Å²) in [7, 11) is 0. The molecule has 2 N–H and O–H groups in total. The van der Waals surface area contributed by atoms with E-state index in [0.29, 0.717) is 5.56 Å². The smallest absolute Gasteiger partial charge is 0.326 e. The van der Waals surface area contributed by atoms with Crippen LogP contribution in [0.15, 0.2) is 36.4 Å². The summed E-state index contributed by atoms with van der Waals surface area (Å²) >= 11 is 12.0. The second-order valence-corrected chi connectivity index (χ2v) is 6.05. The molecule has 0 spiro atoms. The highest BCUT2D eigenvalue weighted by molar-refractivity contribution is 6.36. The zero-order chi connectivity index (χ0) is 18.6. The van der Waals surface area contributed by atoms with Crippen LogP contribution >= 0.6 is 23.2 Å². The van der Waals surface area contributed by atoms with Crippen molar-refractivity contribution in [2.24, 2.45) is 0 Å². The van der Waals surface area contributed by atoms with E-state index in [2.05, 4.69) is 5.32 Å². The molecule has 2 rings (SSSR count). The highest BCUT2D eigenvalue weighted by Gasteiger charge is 2.24. The number of hydrogen-bond acceptors (Lipinski definition) is 2. The summed E-state index contributed by atoms with van der Waals surface area (Å²) in [6.07, 6.45) is -0.794. The average molecular weight is 388 g/mol. The molecule has 1 atom stereocenters. The van der Waals surface area contributed by atoms with Gasteiger partial charge in [-0.25, -0.2) is 13.6 Å². The molecule has 0 aliphatic rings. The first kappa shape index (κ1) is 19.1. The van der Waals surface area contributed by atoms with Crippen LogP contribution in [0.5, 0.6) is 0 Å². The second kappa shape index (κ2) is 8.27. The summed E-state index contributed by atoms with van der Waals surface area (Å²) in [4.78, 5) is 23.4. The fourth-order valence-corrected chi connectivity index (χ4v) is 2.79. The molecule has 0 fully saturated rings. The topological polar surface area (TPSA) is 66.4 Å². The molecular weight excluding hydrogens is 375 g/mol. The maximum Gasteiger partial charge on any atom is 0.326 e. The van der Waals surface area contributed by atoms with E-state index in [1.807, 2.05) is 0 Å². The van der Waals surface area contributed by atoms with Gasteiger partial charge >= 0.3 is 5.97 Å². The van der Waals surface area contributed by atoms with Gasteiger partial charge in [-0.15, -0.1) is 0 Å². The second-order valence-electron chi connectivity index (χ2n) is 5.24. The Morgan fingerprint density at radius 2 is 1.52 bits per heavy atom. The molecule has 0 saturated heterocycles. The molecule has 0 aliphatic heterocycles. The van der Waals surface area contributed by atoms with Crippen LogP contribution in [0.25, 0.3) is 0 Å². The number of carboxylic acid groups (broad SMARTS) is 1. The largest absolute Gasteiger partial charge is 0.480 e. The molecule has 8 heteroatoms. The first-order valence-corrected chi connectivity index (χ1v) is 7.93. The predicted molar refractivity (Wildman–Crippen MR) is 89.8 cm³/mol. The minimum atomic E-state index is -1.35. The fraction of sp³-hybridized carbons (Fsp3) is 0.176. The number of benzene rings is 2. The van der Waals surface area contributed by atoms with Gasteiger partial charge in [-0.2, -0.15) is 0 Å². The monoisotopic (exact) mass is 387 g/mol. The molecule has 0 aromatic heterocycles. The highest BCUT2D eigenvalue weighted by Crippen LogP contribution is 2.25. The Kier molecular flexibility index (Phi) is 6.33. The molecule has 2 aromatic rings. The minimum absolute atomic E-state index is 0.167. The molecule has 132 valence electrons. The van der Waals surface area contributed by atoms with Crippen molar-refractivity contribution in [3.63, 3.8) is 0 Å². The lowest BCUT2D eigenvalue weighted by molar-refractivity contribution is -0.141. The third-order valence-corrected chi connectivity index (χ3v) is 4.21. The lowest BCUT2D eigenvalue weighted by Gasteiger charge is -2.16. The van der Waals surface area contributed by atoms with Crippen LogP contribution in [0.3, 0.4) is 0 Å². The Morgan fingerprint density at radius 1 is 1.00 bits per heavy atom. The van der Waals surface area contributed by atoms with Crippen molar-refractivity contribution in [2.45, 2.75) is 18.9 Å². The highest BCUT2D eigenvalue weighted by atomic mass is 35.5. The zero-order valence-electron chi connectivity index (χ0n) is 12.7. The van der Waals surface area contributed by atoms with Gasteiger partial charge in [0.1, 0.15) is 17.7 Å². The number of rotatable bonds is 6. The van der Waals surface area contributed by atoms with Gasteiger partial charge in [0.15, 0.2) is 0 Å². The third kappa shape index (κ3) is 4.90. The zero-order valence-corrected chi connectivity index (χ0v) is 14.2. The van der Waals surface area contributed by atoms with E-state index >= 15 is 0 Å². The number of carboxylic acids is 1. The maximum atomic E-state index is 13.6. The summed E-state index contributed by atoms with van der Waals surface area (Å²) in [6.45, 7) is 0. The van der Waals surface area contributed by atoms with Crippen LogP contribution in [-0.2, 0) is 22.4 Å². The van der Waals surface area contributed by atoms with Crippen LogP contribution in [-0.4, -0.2) is 23.0 Å². The lowest BCUT2D eigenvalue weighted by atomic mass is 10.0. The molecule has 25 heavy (non-hydrogen) atoms. The number of carbonyl (C=O) groups excluding carboxylic acids is 1. The van der Waals surface area contributed by atoms with Gasteiger partial charge in [-0.1, -0.05) is 35.3 Å². The summed E-state index contributed by atoms with van der Waals surface area (Å²) in [6, 6.07) is 6.54. The fourth-order valence-electron chi connectivity index (χ4n) is 2.24. The quantitative estimate of drug-likeness (QED) is 0.795. The normalized spacial score (nSPS) is 11.8. The van der Waals surface area contributed by atoms with E-state index in [0.717, 1.165) is 12.1 Å². The number of hydrogen-bond donors (Lipinski definition) is 2. The molecule has 0 bridgehead atoms. The molecule has 4 nitrogen and oxygen atoms in total. The standard InChI is InChI=1S/C17H13Cl2F2NO3/c18-11-3-1-4-12(19)9(11)7-15(17(24)25)22-16(23)8-10-13(20)5-2-6-14(10)21/h1-6,15H,7-8H2,(H,22,23)(H,24,25)/t15-/m0/s1. The van der Waals surface area contributed by atoms with Crippen molar-refractivity contribution in [1.82, 2.24) is 5.32 Å². The molecule has 0 saturated carbocycles. The van der Waals surface area contributed by atoms with E-state index in [1.54, 1.807) is 6.07 Å². The van der Waals surface area contributed by atoms with E-state index in [4.69, 9.17) is 23.2 Å². The summed E-state index contributed by atoms with van der Waals surface area (Å²) < 4.78 is 27.2. The molecule has 1 amide bonds. The van der Waals surface area contributed by atoms with Gasteiger partial charge in [0.2, 0.25) is 5.91 Å². The van der Waals surface area contributed by atoms with Crippen molar-refractivity contribution in [3.05, 3.63) is 69.2 Å². The SMILES string of the molecule is O=C(Cc1c(F)cccc1F)N[C@@H](Cc1c(Cl)cccc1Cl)C(=O)O. The molecule has 0 heterocycles. The van der Waals surface area contributed by atoms with Gasteiger partial charge in [-0.3, -0.25) is 4.79 Å². The van der Waals surface area contributed by atoms with Crippen LogP contribution in [0.4, 0.5) is 8.78 Å². The molecular formula is C17H13Cl2F2NO3. The Hall–Kier alpha value is -2.18. The van der Waals surface area contributed by atoms with Crippen molar-refractivity contribution < 1.29 is 23.5 Å². The summed E-state index contributed by atoms with van der Waals surface area (Å²) in [5, 5.41) is 12.0. The molecule has 0 radical (unpaired) electrons. The minimum Gasteiger partial charge on any atom is -0.480 e. The van der Waals surface area contributed by atoms with Crippen LogP contribution in [0.2, 0.25) is 10.0 Å². The molecule has 2 aromatic carbocycles. The predicted octanol–water partition coefficient (Wildman–Crippen LogP) is 3.63. The summed E-state index contributed by atoms with van der Waals surface area (Å²) in [5.41, 5.74) is -0.0736. The number of nitrogens with one attached hydrogen (secondary N) is 1. The van der Waals surface area contributed by atoms with Gasteiger partial charge in [0, 0.05) is 22.0 Å². The Labute approximate surface area is 152 Å². The number of halogens is 4. The van der Waals surface area contributed by atoms with E-state index in [-0.39, 0.29) is 16.5 Å². The average Bonchev–Trinajstić information content (AvgIpc) is 2.53. The van der Waals surface area contributed by atoms with E-state index < -0.39 is 41.5 Å². The van der Waals surface area contributed by atoms with Crippen molar-refractivity contribution in [3.8, 4) is 0 Å². The van der Waals surface area contributed by atoms with Crippen molar-refractivity contribution >= 4 is 35.1 Å². The summed E-state index contributed by atoms with van der Waals surface area (Å²) in [5.74, 6) is -3.91. The number of carbonyl (C=O) groups is 2. The van der Waals surface area contributed by atoms with Gasteiger partial charge < -0.3 is 10.4 Å². The first-order chi connectivity index (χ1) is 11.8. The Morgan fingerprint density at radius 3 is 2.04 bits per heavy atom. The lowest BCUT2D eigenvalue weighted by Crippen LogP contribution is -2.43. The third-order valence-electron chi connectivity index (χ3n) is 3.50. The van der Waals surface area contributed by atoms with Crippen molar-refractivity contribution in [1.29, 1.82) is 0 Å². The van der Waals surface area contributed by atoms with Crippen molar-refractivity contribution in [2.75, 3.05) is 0 Å². The van der Waals surface area contributed by atoms with Gasteiger partial charge in [0.25, 0.3) is 0 Å². The number of aliphatic carboxylic acids is 1. The van der Waals surface area contributed by atoms with E-state index in [9.17, 15) is 23.5 Å². The Bertz CT molecular complexity index is 774. The molecule has 0 aliphatic carbocycles. The number of amides is 1. The first-order valence-electron chi connectivity index (χ1n) is 7.17. The van der Waals surface area contributed by atoms with Gasteiger partial charge in [0.05, 0.1) is 6.42 Å². The van der Waals surface area contributed by atoms with Crippen LogP contribution < -0.4 is 5.32 Å². The maximum absolute atomic E-state index is 13.6. The van der Waals surface area contributed by atoms with Gasteiger partial charge in [-0.05, 0) is 29.8 Å².